The third kappa shape index (κ3) is 3.61. The van der Waals surface area contributed by atoms with E-state index in [1.54, 1.807) is 29.5 Å². The van der Waals surface area contributed by atoms with E-state index in [9.17, 15) is 9.59 Å². The van der Waals surface area contributed by atoms with Crippen molar-refractivity contribution in [3.8, 4) is 0 Å². The summed E-state index contributed by atoms with van der Waals surface area (Å²) in [5.41, 5.74) is 1.36. The second-order valence-electron chi connectivity index (χ2n) is 5.53. The molecule has 0 aliphatic rings. The molecule has 0 radical (unpaired) electrons. The van der Waals surface area contributed by atoms with E-state index in [4.69, 9.17) is 0 Å². The van der Waals surface area contributed by atoms with Crippen molar-refractivity contribution in [1.82, 2.24) is 20.3 Å². The highest BCUT2D eigenvalue weighted by Gasteiger charge is 2.09. The van der Waals surface area contributed by atoms with Crippen LogP contribution in [0.15, 0.2) is 58.5 Å². The van der Waals surface area contributed by atoms with Crippen molar-refractivity contribution in [2.45, 2.75) is 11.7 Å². The Balaban J connectivity index is 1.37. The van der Waals surface area contributed by atoms with E-state index >= 15 is 0 Å². The molecule has 2 aromatic carbocycles. The maximum absolute atomic E-state index is 12.1. The van der Waals surface area contributed by atoms with Gasteiger partial charge in [0.2, 0.25) is 5.91 Å². The molecule has 0 atom stereocenters. The first kappa shape index (κ1) is 16.7. The molecule has 0 fully saturated rings. The van der Waals surface area contributed by atoms with Gasteiger partial charge < -0.3 is 10.3 Å². The molecule has 0 unspecified atom stereocenters. The number of nitrogens with zero attached hydrogens (tertiary/aromatic N) is 2. The van der Waals surface area contributed by atoms with Crippen LogP contribution in [0.5, 0.6) is 0 Å². The summed E-state index contributed by atoms with van der Waals surface area (Å²) in [5.74, 6) is 0.0386. The molecule has 6 nitrogen and oxygen atoms in total. The molecule has 2 N–H and O–H groups in total. The van der Waals surface area contributed by atoms with Crippen LogP contribution >= 0.6 is 23.1 Å². The lowest BCUT2D eigenvalue weighted by Crippen LogP contribution is -2.24. The van der Waals surface area contributed by atoms with Crippen LogP contribution in [0.3, 0.4) is 0 Å². The van der Waals surface area contributed by atoms with Gasteiger partial charge in [-0.15, -0.1) is 11.3 Å². The van der Waals surface area contributed by atoms with Crippen LogP contribution in [0, 0.1) is 0 Å². The smallest absolute Gasteiger partial charge is 0.259 e. The first-order valence-corrected chi connectivity index (χ1v) is 9.72. The Kier molecular flexibility index (Phi) is 4.68. The molecule has 26 heavy (non-hydrogen) atoms. The number of hydrogen-bond acceptors (Lipinski definition) is 6. The zero-order chi connectivity index (χ0) is 17.9. The molecular formula is C18H14N4O2S2. The number of para-hydroxylation sites is 2. The number of H-pyrrole nitrogens is 1. The van der Waals surface area contributed by atoms with E-state index in [-0.39, 0.29) is 17.2 Å². The number of amides is 1. The SMILES string of the molecule is O=C(CSc1nc2ccccc2c(=O)[nH]1)NCc1nc2ccccc2s1. The number of fused-ring (bicyclic) bond motifs is 2. The molecule has 0 saturated carbocycles. The monoisotopic (exact) mass is 382 g/mol. The van der Waals surface area contributed by atoms with Gasteiger partial charge in [-0.2, -0.15) is 0 Å². The van der Waals surface area contributed by atoms with Gasteiger partial charge in [0.15, 0.2) is 5.16 Å². The van der Waals surface area contributed by atoms with Gasteiger partial charge in [-0.25, -0.2) is 9.97 Å². The van der Waals surface area contributed by atoms with Gasteiger partial charge >= 0.3 is 0 Å². The fourth-order valence-corrected chi connectivity index (χ4v) is 4.09. The molecule has 130 valence electrons. The number of carbonyl (C=O) groups is 1. The van der Waals surface area contributed by atoms with E-state index in [1.165, 1.54) is 11.8 Å². The van der Waals surface area contributed by atoms with Crippen LogP contribution in [0.1, 0.15) is 5.01 Å². The maximum atomic E-state index is 12.1. The summed E-state index contributed by atoms with van der Waals surface area (Å²) in [6.07, 6.45) is 0. The Bertz CT molecular complexity index is 1120. The molecule has 2 heterocycles. The van der Waals surface area contributed by atoms with E-state index in [1.807, 2.05) is 30.3 Å². The number of carbonyl (C=O) groups excluding carboxylic acids is 1. The minimum Gasteiger partial charge on any atom is -0.349 e. The number of rotatable bonds is 5. The number of benzene rings is 2. The highest BCUT2D eigenvalue weighted by atomic mass is 32.2. The van der Waals surface area contributed by atoms with Crippen LogP contribution < -0.4 is 10.9 Å². The van der Waals surface area contributed by atoms with Gasteiger partial charge in [0.05, 0.1) is 33.4 Å². The average Bonchev–Trinajstić information content (AvgIpc) is 3.08. The Labute approximate surface area is 156 Å². The summed E-state index contributed by atoms with van der Waals surface area (Å²) < 4.78 is 1.10. The van der Waals surface area contributed by atoms with Crippen molar-refractivity contribution >= 4 is 50.1 Å². The quantitative estimate of drug-likeness (QED) is 0.409. The Morgan fingerprint density at radius 2 is 1.85 bits per heavy atom. The van der Waals surface area contributed by atoms with Crippen LogP contribution in [-0.2, 0) is 11.3 Å². The zero-order valence-electron chi connectivity index (χ0n) is 13.6. The largest absolute Gasteiger partial charge is 0.349 e. The van der Waals surface area contributed by atoms with E-state index in [0.29, 0.717) is 22.6 Å². The molecule has 1 amide bonds. The van der Waals surface area contributed by atoms with Crippen molar-refractivity contribution in [1.29, 1.82) is 0 Å². The minimum absolute atomic E-state index is 0.134. The number of hydrogen-bond donors (Lipinski definition) is 2. The van der Waals surface area contributed by atoms with Crippen molar-refractivity contribution < 1.29 is 4.79 Å². The van der Waals surface area contributed by atoms with Crippen LogP contribution in [0.25, 0.3) is 21.1 Å². The van der Waals surface area contributed by atoms with Crippen molar-refractivity contribution in [2.75, 3.05) is 5.75 Å². The molecule has 0 bridgehead atoms. The number of nitrogens with one attached hydrogen (secondary N) is 2. The Morgan fingerprint density at radius 3 is 2.69 bits per heavy atom. The molecule has 0 aliphatic heterocycles. The number of thioether (sulfide) groups is 1. The Morgan fingerprint density at radius 1 is 1.08 bits per heavy atom. The van der Waals surface area contributed by atoms with Crippen LogP contribution in [0.4, 0.5) is 0 Å². The molecule has 0 aliphatic carbocycles. The summed E-state index contributed by atoms with van der Waals surface area (Å²) in [7, 11) is 0. The fourth-order valence-electron chi connectivity index (χ4n) is 2.49. The summed E-state index contributed by atoms with van der Waals surface area (Å²) in [5, 5.41) is 4.69. The van der Waals surface area contributed by atoms with E-state index < -0.39 is 0 Å². The maximum Gasteiger partial charge on any atom is 0.259 e. The number of aromatic amines is 1. The third-order valence-electron chi connectivity index (χ3n) is 3.71. The van der Waals surface area contributed by atoms with Crippen LogP contribution in [0.2, 0.25) is 0 Å². The number of thiazole rings is 1. The predicted octanol–water partition coefficient (Wildman–Crippen LogP) is 2.94. The second kappa shape index (κ2) is 7.27. The van der Waals surface area contributed by atoms with Crippen molar-refractivity contribution in [3.63, 3.8) is 0 Å². The molecule has 0 saturated heterocycles. The summed E-state index contributed by atoms with van der Waals surface area (Å²) in [6.45, 7) is 0.389. The Hall–Kier alpha value is -2.71. The topological polar surface area (TPSA) is 87.7 Å². The molecule has 0 spiro atoms. The van der Waals surface area contributed by atoms with E-state index in [0.717, 1.165) is 15.2 Å². The standard InChI is InChI=1S/C18H14N4O2S2/c23-15(19-9-16-20-13-7-3-4-8-14(13)26-16)10-25-18-21-12-6-2-1-5-11(12)17(24)22-18/h1-8H,9-10H2,(H,19,23)(H,21,22,24). The summed E-state index contributed by atoms with van der Waals surface area (Å²) in [6, 6.07) is 15.0. The van der Waals surface area contributed by atoms with Crippen LogP contribution in [-0.4, -0.2) is 26.6 Å². The normalized spacial score (nSPS) is 11.1. The van der Waals surface area contributed by atoms with Gasteiger partial charge in [0.25, 0.3) is 5.56 Å². The van der Waals surface area contributed by atoms with Gasteiger partial charge in [-0.05, 0) is 24.3 Å². The molecule has 8 heteroatoms. The predicted molar refractivity (Wildman–Crippen MR) is 105 cm³/mol. The first-order valence-electron chi connectivity index (χ1n) is 7.92. The van der Waals surface area contributed by atoms with Gasteiger partial charge in [-0.1, -0.05) is 36.0 Å². The number of aromatic nitrogens is 3. The zero-order valence-corrected chi connectivity index (χ0v) is 15.2. The van der Waals surface area contributed by atoms with Gasteiger partial charge in [0.1, 0.15) is 5.01 Å². The lowest BCUT2D eigenvalue weighted by Gasteiger charge is -2.04. The van der Waals surface area contributed by atoms with Gasteiger partial charge in [-0.3, -0.25) is 9.59 Å². The molecule has 2 aromatic heterocycles. The minimum atomic E-state index is -0.201. The lowest BCUT2D eigenvalue weighted by molar-refractivity contribution is -0.118. The lowest BCUT2D eigenvalue weighted by atomic mass is 10.2. The van der Waals surface area contributed by atoms with Crippen molar-refractivity contribution in [3.05, 3.63) is 63.9 Å². The second-order valence-corrected chi connectivity index (χ2v) is 7.61. The van der Waals surface area contributed by atoms with E-state index in [2.05, 4.69) is 20.3 Å². The van der Waals surface area contributed by atoms with Crippen molar-refractivity contribution in [2.24, 2.45) is 0 Å². The summed E-state index contributed by atoms with van der Waals surface area (Å²) >= 11 is 2.77. The third-order valence-corrected chi connectivity index (χ3v) is 5.62. The highest BCUT2D eigenvalue weighted by molar-refractivity contribution is 7.99. The highest BCUT2D eigenvalue weighted by Crippen LogP contribution is 2.21. The van der Waals surface area contributed by atoms with Gasteiger partial charge in [0, 0.05) is 0 Å². The molecular weight excluding hydrogens is 368 g/mol. The molecule has 4 rings (SSSR count). The molecule has 4 aromatic rings. The average molecular weight is 382 g/mol. The fraction of sp³-hybridized carbons (Fsp3) is 0.111. The summed E-state index contributed by atoms with van der Waals surface area (Å²) in [4.78, 5) is 35.7. The first-order chi connectivity index (χ1) is 12.7.